The summed E-state index contributed by atoms with van der Waals surface area (Å²) < 4.78 is 5.50. The van der Waals surface area contributed by atoms with Gasteiger partial charge in [-0.25, -0.2) is 0 Å². The largest absolute Gasteiger partial charge is 0.466 e. The van der Waals surface area contributed by atoms with Crippen LogP contribution in [0, 0.1) is 0 Å². The van der Waals surface area contributed by atoms with Crippen molar-refractivity contribution in [3.8, 4) is 0 Å². The zero-order chi connectivity index (χ0) is 51.4. The zero-order valence-electron chi connectivity index (χ0n) is 48.0. The van der Waals surface area contributed by atoms with Crippen LogP contribution in [0.2, 0.25) is 0 Å². The maximum atomic E-state index is 12.4. The van der Waals surface area contributed by atoms with Gasteiger partial charge in [0.15, 0.2) is 0 Å². The van der Waals surface area contributed by atoms with Crippen molar-refractivity contribution in [2.45, 2.75) is 366 Å². The average Bonchev–Trinajstić information content (AvgIpc) is 3.37. The van der Waals surface area contributed by atoms with Crippen molar-refractivity contribution in [1.82, 2.24) is 5.32 Å². The fourth-order valence-electron chi connectivity index (χ4n) is 10.0. The predicted octanol–water partition coefficient (Wildman–Crippen LogP) is 20.2. The Bertz CT molecular complexity index is 1110. The number of carbonyl (C=O) groups is 2. The van der Waals surface area contributed by atoms with Crippen molar-refractivity contribution in [1.29, 1.82) is 0 Å². The van der Waals surface area contributed by atoms with Crippen LogP contribution in [-0.2, 0) is 14.3 Å². The van der Waals surface area contributed by atoms with E-state index in [-0.39, 0.29) is 18.5 Å². The summed E-state index contributed by atoms with van der Waals surface area (Å²) in [6.07, 6.45) is 75.2. The lowest BCUT2D eigenvalue weighted by atomic mass is 10.0. The molecule has 0 fully saturated rings. The minimum Gasteiger partial charge on any atom is -0.466 e. The molecule has 0 aliphatic heterocycles. The Morgan fingerprint density at radius 1 is 0.380 bits per heavy atom. The highest BCUT2D eigenvalue weighted by molar-refractivity contribution is 5.76. The standard InChI is InChI=1S/C65H125NO5/c1-3-5-7-9-11-13-15-16-17-32-35-39-43-47-51-55-59-65(70)71-60-56-52-48-44-40-36-33-30-28-26-24-22-20-18-19-21-23-25-27-29-31-34-38-42-46-50-54-58-64(69)66-62(61-67)63(68)57-53-49-45-41-37-14-12-10-8-6-4-2/h18-19,53,57,62-63,67-68H,3-17,20-52,54-56,58-61H2,1-2H3,(H,66,69)/b19-18-,57-53+. The quantitative estimate of drug-likeness (QED) is 0.0320. The molecule has 0 heterocycles. The molecule has 0 aliphatic rings. The minimum absolute atomic E-state index is 0.0185. The van der Waals surface area contributed by atoms with Crippen molar-refractivity contribution < 1.29 is 24.5 Å². The first-order chi connectivity index (χ1) is 35.0. The zero-order valence-corrected chi connectivity index (χ0v) is 48.0. The van der Waals surface area contributed by atoms with Crippen LogP contribution in [0.5, 0.6) is 0 Å². The fourth-order valence-corrected chi connectivity index (χ4v) is 10.0. The molecule has 2 unspecified atom stereocenters. The number of aliphatic hydroxyl groups excluding tert-OH is 2. The number of ether oxygens (including phenoxy) is 1. The Morgan fingerprint density at radius 3 is 1.00 bits per heavy atom. The molecule has 0 spiro atoms. The number of hydrogen-bond donors (Lipinski definition) is 3. The number of aliphatic hydroxyl groups is 2. The summed E-state index contributed by atoms with van der Waals surface area (Å²) in [5.74, 6) is -0.0505. The smallest absolute Gasteiger partial charge is 0.305 e. The molecule has 3 N–H and O–H groups in total. The molecule has 0 saturated heterocycles. The van der Waals surface area contributed by atoms with Crippen LogP contribution in [0.1, 0.15) is 354 Å². The highest BCUT2D eigenvalue weighted by atomic mass is 16.5. The second kappa shape index (κ2) is 60.9. The van der Waals surface area contributed by atoms with Crippen molar-refractivity contribution in [3.63, 3.8) is 0 Å². The third-order valence-electron chi connectivity index (χ3n) is 15.0. The molecule has 6 heteroatoms. The molecule has 0 aromatic rings. The van der Waals surface area contributed by atoms with Gasteiger partial charge in [-0.05, 0) is 57.8 Å². The van der Waals surface area contributed by atoms with Crippen LogP contribution in [0.4, 0.5) is 0 Å². The topological polar surface area (TPSA) is 95.9 Å². The van der Waals surface area contributed by atoms with Gasteiger partial charge >= 0.3 is 5.97 Å². The molecule has 0 radical (unpaired) electrons. The van der Waals surface area contributed by atoms with Crippen LogP contribution < -0.4 is 5.32 Å². The molecule has 71 heavy (non-hydrogen) atoms. The normalized spacial score (nSPS) is 12.7. The summed E-state index contributed by atoms with van der Waals surface area (Å²) >= 11 is 0. The lowest BCUT2D eigenvalue weighted by Crippen LogP contribution is -2.45. The third-order valence-corrected chi connectivity index (χ3v) is 15.0. The van der Waals surface area contributed by atoms with Gasteiger partial charge in [-0.3, -0.25) is 9.59 Å². The van der Waals surface area contributed by atoms with E-state index in [4.69, 9.17) is 4.74 Å². The highest BCUT2D eigenvalue weighted by Gasteiger charge is 2.18. The first-order valence-corrected chi connectivity index (χ1v) is 32.1. The van der Waals surface area contributed by atoms with Gasteiger partial charge < -0.3 is 20.3 Å². The van der Waals surface area contributed by atoms with E-state index in [1.54, 1.807) is 6.08 Å². The van der Waals surface area contributed by atoms with Crippen LogP contribution >= 0.6 is 0 Å². The van der Waals surface area contributed by atoms with E-state index in [0.717, 1.165) is 38.5 Å². The molecular formula is C65H125NO5. The van der Waals surface area contributed by atoms with Crippen molar-refractivity contribution in [3.05, 3.63) is 24.3 Å². The van der Waals surface area contributed by atoms with E-state index in [0.29, 0.717) is 19.4 Å². The summed E-state index contributed by atoms with van der Waals surface area (Å²) in [6, 6.07) is -0.627. The number of carbonyl (C=O) groups excluding carboxylic acids is 2. The van der Waals surface area contributed by atoms with Gasteiger partial charge in [-0.15, -0.1) is 0 Å². The Balaban J connectivity index is 3.36. The van der Waals surface area contributed by atoms with Gasteiger partial charge in [0.05, 0.1) is 25.4 Å². The van der Waals surface area contributed by atoms with E-state index in [1.165, 1.54) is 289 Å². The minimum atomic E-state index is -0.843. The first kappa shape index (κ1) is 69.3. The van der Waals surface area contributed by atoms with Crippen molar-refractivity contribution in [2.24, 2.45) is 0 Å². The Hall–Kier alpha value is -1.66. The lowest BCUT2D eigenvalue weighted by molar-refractivity contribution is -0.143. The number of hydrogen-bond acceptors (Lipinski definition) is 5. The van der Waals surface area contributed by atoms with E-state index in [1.807, 2.05) is 6.08 Å². The van der Waals surface area contributed by atoms with Crippen molar-refractivity contribution >= 4 is 11.9 Å². The number of nitrogens with one attached hydrogen (secondary N) is 1. The lowest BCUT2D eigenvalue weighted by Gasteiger charge is -2.20. The molecule has 0 rings (SSSR count). The van der Waals surface area contributed by atoms with Gasteiger partial charge in [0.2, 0.25) is 5.91 Å². The van der Waals surface area contributed by atoms with E-state index in [9.17, 15) is 19.8 Å². The van der Waals surface area contributed by atoms with Gasteiger partial charge in [-0.1, -0.05) is 308 Å². The molecule has 6 nitrogen and oxygen atoms in total. The van der Waals surface area contributed by atoms with Crippen LogP contribution in [0.3, 0.4) is 0 Å². The number of amides is 1. The Morgan fingerprint density at radius 2 is 0.662 bits per heavy atom. The van der Waals surface area contributed by atoms with Crippen LogP contribution in [0.25, 0.3) is 0 Å². The SMILES string of the molecule is CCCCCCCCCCC/C=C/C(O)C(CO)NC(=O)CCCCCCCCCCCCC/C=C\CCCCCCCCCCCCCCOC(=O)CCCCCCCCCCCCCCCCCC. The summed E-state index contributed by atoms with van der Waals surface area (Å²) in [4.78, 5) is 24.5. The van der Waals surface area contributed by atoms with Gasteiger partial charge in [0.25, 0.3) is 0 Å². The molecule has 0 aliphatic carbocycles. The van der Waals surface area contributed by atoms with Crippen LogP contribution in [-0.4, -0.2) is 47.4 Å². The fraction of sp³-hybridized carbons (Fsp3) is 0.908. The monoisotopic (exact) mass is 1000 g/mol. The number of allylic oxidation sites excluding steroid dienone is 3. The number of esters is 1. The van der Waals surface area contributed by atoms with E-state index in [2.05, 4.69) is 31.3 Å². The van der Waals surface area contributed by atoms with E-state index >= 15 is 0 Å². The molecule has 2 atom stereocenters. The molecule has 1 amide bonds. The summed E-state index contributed by atoms with van der Waals surface area (Å²) in [6.45, 7) is 4.91. The van der Waals surface area contributed by atoms with Crippen molar-refractivity contribution in [2.75, 3.05) is 13.2 Å². The molecular weight excluding hydrogens is 875 g/mol. The summed E-state index contributed by atoms with van der Waals surface area (Å²) in [5, 5.41) is 23.0. The third kappa shape index (κ3) is 57.5. The molecule has 0 aromatic heterocycles. The van der Waals surface area contributed by atoms with Gasteiger partial charge in [-0.2, -0.15) is 0 Å². The van der Waals surface area contributed by atoms with Gasteiger partial charge in [0.1, 0.15) is 0 Å². The number of unbranched alkanes of at least 4 members (excludes halogenated alkanes) is 47. The maximum Gasteiger partial charge on any atom is 0.305 e. The second-order valence-electron chi connectivity index (χ2n) is 22.1. The van der Waals surface area contributed by atoms with Crippen LogP contribution in [0.15, 0.2) is 24.3 Å². The average molecular weight is 1000 g/mol. The van der Waals surface area contributed by atoms with E-state index < -0.39 is 12.1 Å². The number of rotatable bonds is 60. The highest BCUT2D eigenvalue weighted by Crippen LogP contribution is 2.18. The molecule has 0 saturated carbocycles. The summed E-state index contributed by atoms with van der Waals surface area (Å²) in [5.41, 5.74) is 0. The van der Waals surface area contributed by atoms with Gasteiger partial charge in [0, 0.05) is 12.8 Å². The summed E-state index contributed by atoms with van der Waals surface area (Å²) in [7, 11) is 0. The first-order valence-electron chi connectivity index (χ1n) is 32.1. The Kier molecular flexibility index (Phi) is 59.5. The molecule has 0 aromatic carbocycles. The molecule has 420 valence electrons. The predicted molar refractivity (Wildman–Crippen MR) is 310 cm³/mol. The molecule has 0 bridgehead atoms. The second-order valence-corrected chi connectivity index (χ2v) is 22.1. The Labute approximate surface area is 443 Å². The maximum absolute atomic E-state index is 12.4.